The summed E-state index contributed by atoms with van der Waals surface area (Å²) in [6.45, 7) is 0.477. The first kappa shape index (κ1) is 10.5. The van der Waals surface area contributed by atoms with Crippen LogP contribution in [0.2, 0.25) is 0 Å². The molecule has 0 bridgehead atoms. The second-order valence-corrected chi connectivity index (χ2v) is 4.90. The lowest BCUT2D eigenvalue weighted by atomic mass is 10.4. The van der Waals surface area contributed by atoms with E-state index < -0.39 is 0 Å². The lowest BCUT2D eigenvalue weighted by Crippen LogP contribution is -2.24. The van der Waals surface area contributed by atoms with E-state index in [4.69, 9.17) is 0 Å². The average Bonchev–Trinajstić information content (AvgIpc) is 2.97. The third-order valence-corrected chi connectivity index (χ3v) is 3.70. The zero-order valence-electron chi connectivity index (χ0n) is 9.46. The molecule has 2 heterocycles. The molecule has 0 aliphatic heterocycles. The molecule has 2 aromatic rings. The zero-order valence-corrected chi connectivity index (χ0v) is 10.3. The molecule has 0 spiro atoms. The molecule has 0 atom stereocenters. The van der Waals surface area contributed by atoms with Crippen molar-refractivity contribution in [2.24, 2.45) is 0 Å². The highest BCUT2D eigenvalue weighted by molar-refractivity contribution is 7.10. The molecule has 6 nitrogen and oxygen atoms in total. The van der Waals surface area contributed by atoms with Gasteiger partial charge in [0.15, 0.2) is 0 Å². The smallest absolute Gasteiger partial charge is 0.328 e. The lowest BCUT2D eigenvalue weighted by Gasteiger charge is -2.01. The Balaban J connectivity index is 1.88. The minimum Gasteiger partial charge on any atom is -0.377 e. The SMILES string of the molecule is CNc1snnc1Cn1ccn(C2CC2)c1=O. The van der Waals surface area contributed by atoms with E-state index in [0.29, 0.717) is 12.6 Å². The Morgan fingerprint density at radius 1 is 1.53 bits per heavy atom. The number of imidazole rings is 1. The highest BCUT2D eigenvalue weighted by Crippen LogP contribution is 2.33. The van der Waals surface area contributed by atoms with E-state index in [1.165, 1.54) is 11.5 Å². The monoisotopic (exact) mass is 251 g/mol. The second-order valence-electron chi connectivity index (χ2n) is 4.15. The summed E-state index contributed by atoms with van der Waals surface area (Å²) in [6, 6.07) is 0.418. The fourth-order valence-electron chi connectivity index (χ4n) is 1.84. The fourth-order valence-corrected chi connectivity index (χ4v) is 2.37. The molecule has 3 rings (SSSR count). The van der Waals surface area contributed by atoms with Crippen LogP contribution in [0.3, 0.4) is 0 Å². The van der Waals surface area contributed by atoms with Crippen molar-refractivity contribution in [1.29, 1.82) is 0 Å². The lowest BCUT2D eigenvalue weighted by molar-refractivity contribution is 0.650. The molecule has 7 heteroatoms. The van der Waals surface area contributed by atoms with Gasteiger partial charge in [0.05, 0.1) is 6.54 Å². The van der Waals surface area contributed by atoms with Gasteiger partial charge in [-0.05, 0) is 12.8 Å². The van der Waals surface area contributed by atoms with Crippen molar-refractivity contribution in [2.75, 3.05) is 12.4 Å². The van der Waals surface area contributed by atoms with E-state index in [1.807, 2.05) is 19.4 Å². The maximum atomic E-state index is 12.0. The molecule has 1 N–H and O–H groups in total. The standard InChI is InChI=1S/C10H13N5OS/c1-11-9-8(12-13-17-9)6-14-4-5-15(10(14)16)7-2-3-7/h4-5,7,11H,2-3,6H2,1H3. The molecule has 1 aliphatic rings. The summed E-state index contributed by atoms with van der Waals surface area (Å²) in [6.07, 6.45) is 5.91. The van der Waals surface area contributed by atoms with Crippen LogP contribution in [0.1, 0.15) is 24.6 Å². The van der Waals surface area contributed by atoms with Crippen molar-refractivity contribution in [3.8, 4) is 0 Å². The zero-order chi connectivity index (χ0) is 11.8. The first-order valence-electron chi connectivity index (χ1n) is 5.56. The maximum Gasteiger partial charge on any atom is 0.328 e. The molecule has 17 heavy (non-hydrogen) atoms. The maximum absolute atomic E-state index is 12.0. The highest BCUT2D eigenvalue weighted by atomic mass is 32.1. The van der Waals surface area contributed by atoms with E-state index in [9.17, 15) is 4.79 Å². The van der Waals surface area contributed by atoms with Gasteiger partial charge in [-0.25, -0.2) is 4.79 Å². The quantitative estimate of drug-likeness (QED) is 0.877. The van der Waals surface area contributed by atoms with Crippen molar-refractivity contribution in [1.82, 2.24) is 18.7 Å². The van der Waals surface area contributed by atoms with E-state index >= 15 is 0 Å². The van der Waals surface area contributed by atoms with Gasteiger partial charge >= 0.3 is 5.69 Å². The summed E-state index contributed by atoms with van der Waals surface area (Å²) in [5, 5.41) is 7.97. The summed E-state index contributed by atoms with van der Waals surface area (Å²) >= 11 is 1.31. The minimum absolute atomic E-state index is 0.0440. The predicted molar refractivity (Wildman–Crippen MR) is 65.5 cm³/mol. The normalized spacial score (nSPS) is 15.1. The molecule has 1 fully saturated rings. The van der Waals surface area contributed by atoms with E-state index in [2.05, 4.69) is 14.9 Å². The number of rotatable bonds is 4. The molecule has 0 unspecified atom stereocenters. The van der Waals surface area contributed by atoms with Gasteiger partial charge in [0.2, 0.25) is 0 Å². The van der Waals surface area contributed by atoms with Crippen LogP contribution < -0.4 is 11.0 Å². The van der Waals surface area contributed by atoms with Crippen LogP contribution in [0.25, 0.3) is 0 Å². The van der Waals surface area contributed by atoms with Crippen molar-refractivity contribution in [2.45, 2.75) is 25.4 Å². The highest BCUT2D eigenvalue weighted by Gasteiger charge is 2.25. The molecule has 0 aromatic carbocycles. The first-order valence-corrected chi connectivity index (χ1v) is 6.33. The summed E-state index contributed by atoms with van der Waals surface area (Å²) in [7, 11) is 1.83. The topological polar surface area (TPSA) is 64.7 Å². The number of nitrogens with one attached hydrogen (secondary N) is 1. The van der Waals surface area contributed by atoms with Gasteiger partial charge in [-0.3, -0.25) is 9.13 Å². The number of aromatic nitrogens is 4. The Labute approximate surface area is 102 Å². The summed E-state index contributed by atoms with van der Waals surface area (Å²) in [5.74, 6) is 0. The third kappa shape index (κ3) is 1.86. The predicted octanol–water partition coefficient (Wildman–Crippen LogP) is 0.926. The van der Waals surface area contributed by atoms with Gasteiger partial charge in [0.1, 0.15) is 10.7 Å². The number of hydrogen-bond donors (Lipinski definition) is 1. The van der Waals surface area contributed by atoms with Gasteiger partial charge in [0.25, 0.3) is 0 Å². The van der Waals surface area contributed by atoms with Gasteiger partial charge in [-0.2, -0.15) is 0 Å². The Bertz CT molecular complexity index is 580. The van der Waals surface area contributed by atoms with Crippen molar-refractivity contribution in [3.05, 3.63) is 28.6 Å². The molecule has 0 saturated heterocycles. The van der Waals surface area contributed by atoms with E-state index in [0.717, 1.165) is 23.5 Å². The first-order chi connectivity index (χ1) is 8.29. The summed E-state index contributed by atoms with van der Waals surface area (Å²) < 4.78 is 7.36. The van der Waals surface area contributed by atoms with Crippen LogP contribution in [-0.4, -0.2) is 25.8 Å². The molecule has 0 amide bonds. The molecular formula is C10H13N5OS. The number of nitrogens with zero attached hydrogens (tertiary/aromatic N) is 4. The van der Waals surface area contributed by atoms with Crippen LogP contribution in [0.5, 0.6) is 0 Å². The molecule has 1 saturated carbocycles. The molecular weight excluding hydrogens is 238 g/mol. The fraction of sp³-hybridized carbons (Fsp3) is 0.500. The Morgan fingerprint density at radius 2 is 2.35 bits per heavy atom. The Kier molecular flexibility index (Phi) is 2.47. The van der Waals surface area contributed by atoms with Crippen molar-refractivity contribution < 1.29 is 0 Å². The van der Waals surface area contributed by atoms with Crippen molar-refractivity contribution in [3.63, 3.8) is 0 Å². The van der Waals surface area contributed by atoms with E-state index in [1.54, 1.807) is 9.13 Å². The van der Waals surface area contributed by atoms with Gasteiger partial charge in [-0.15, -0.1) is 5.10 Å². The average molecular weight is 251 g/mol. The van der Waals surface area contributed by atoms with Gasteiger partial charge in [-0.1, -0.05) is 4.49 Å². The molecule has 2 aromatic heterocycles. The van der Waals surface area contributed by atoms with Crippen molar-refractivity contribution >= 4 is 16.5 Å². The van der Waals surface area contributed by atoms with Gasteiger partial charge < -0.3 is 5.32 Å². The largest absolute Gasteiger partial charge is 0.377 e. The van der Waals surface area contributed by atoms with Crippen LogP contribution >= 0.6 is 11.5 Å². The number of anilines is 1. The second kappa shape index (κ2) is 3.99. The summed E-state index contributed by atoms with van der Waals surface area (Å²) in [4.78, 5) is 12.0. The molecule has 1 aliphatic carbocycles. The van der Waals surface area contributed by atoms with Crippen LogP contribution in [0.15, 0.2) is 17.2 Å². The summed E-state index contributed by atoms with van der Waals surface area (Å²) in [5.41, 5.74) is 0.857. The minimum atomic E-state index is 0.0440. The Hall–Kier alpha value is -1.63. The third-order valence-electron chi connectivity index (χ3n) is 2.92. The molecule has 90 valence electrons. The Morgan fingerprint density at radius 3 is 3.06 bits per heavy atom. The van der Waals surface area contributed by atoms with Crippen LogP contribution in [0, 0.1) is 0 Å². The number of hydrogen-bond acceptors (Lipinski definition) is 5. The molecule has 0 radical (unpaired) electrons. The van der Waals surface area contributed by atoms with Gasteiger partial charge in [0, 0.05) is 37.0 Å². The van der Waals surface area contributed by atoms with Crippen LogP contribution in [-0.2, 0) is 6.54 Å². The van der Waals surface area contributed by atoms with Crippen LogP contribution in [0.4, 0.5) is 5.00 Å². The van der Waals surface area contributed by atoms with E-state index in [-0.39, 0.29) is 5.69 Å².